The highest BCUT2D eigenvalue weighted by Gasteiger charge is 2.43. The van der Waals surface area contributed by atoms with Crippen LogP contribution < -0.4 is 11.1 Å². The Balaban J connectivity index is 1.80. The summed E-state index contributed by atoms with van der Waals surface area (Å²) in [5.74, 6) is 0.0152. The molecule has 4 nitrogen and oxygen atoms in total. The molecule has 2 aliphatic carbocycles. The second-order valence-electron chi connectivity index (χ2n) is 5.87. The van der Waals surface area contributed by atoms with Crippen LogP contribution in [0.5, 0.6) is 0 Å². The molecule has 1 amide bonds. The van der Waals surface area contributed by atoms with Crippen molar-refractivity contribution in [3.05, 3.63) is 0 Å². The molecule has 0 aromatic heterocycles. The van der Waals surface area contributed by atoms with E-state index < -0.39 is 5.54 Å². The first-order valence-corrected chi connectivity index (χ1v) is 6.78. The molecular weight excluding hydrogens is 216 g/mol. The molecule has 0 saturated heterocycles. The molecular formula is C13H24N2O2. The quantitative estimate of drug-likeness (QED) is 0.669. The number of aliphatic hydroxyl groups is 1. The van der Waals surface area contributed by atoms with E-state index in [2.05, 4.69) is 5.32 Å². The van der Waals surface area contributed by atoms with Gasteiger partial charge in [0.05, 0.1) is 5.54 Å². The summed E-state index contributed by atoms with van der Waals surface area (Å²) in [5, 5.41) is 12.0. The van der Waals surface area contributed by atoms with Crippen LogP contribution in [-0.2, 0) is 4.79 Å². The van der Waals surface area contributed by atoms with E-state index in [4.69, 9.17) is 10.8 Å². The predicted octanol–water partition coefficient (Wildman–Crippen LogP) is 0.927. The molecule has 4 N–H and O–H groups in total. The van der Waals surface area contributed by atoms with E-state index >= 15 is 0 Å². The number of carbonyl (C=O) groups excluding carboxylic acids is 1. The minimum Gasteiger partial charge on any atom is -0.396 e. The van der Waals surface area contributed by atoms with E-state index in [1.807, 2.05) is 0 Å². The Morgan fingerprint density at radius 2 is 1.82 bits per heavy atom. The predicted molar refractivity (Wildman–Crippen MR) is 66.4 cm³/mol. The monoisotopic (exact) mass is 240 g/mol. The first kappa shape index (κ1) is 12.8. The molecule has 0 bridgehead atoms. The van der Waals surface area contributed by atoms with Gasteiger partial charge in [0.15, 0.2) is 0 Å². The van der Waals surface area contributed by atoms with Gasteiger partial charge >= 0.3 is 0 Å². The molecule has 2 rings (SSSR count). The van der Waals surface area contributed by atoms with Crippen molar-refractivity contribution in [2.45, 2.75) is 56.9 Å². The lowest BCUT2D eigenvalue weighted by Crippen LogP contribution is -2.55. The van der Waals surface area contributed by atoms with Crippen LogP contribution >= 0.6 is 0 Å². The number of aliphatic hydroxyl groups excluding tert-OH is 1. The maximum atomic E-state index is 12.1. The molecule has 0 radical (unpaired) electrons. The molecule has 0 atom stereocenters. The number of rotatable bonds is 5. The summed E-state index contributed by atoms with van der Waals surface area (Å²) in [6.07, 6.45) is 7.97. The summed E-state index contributed by atoms with van der Waals surface area (Å²) in [5.41, 5.74) is 5.71. The largest absolute Gasteiger partial charge is 0.396 e. The van der Waals surface area contributed by atoms with Crippen LogP contribution in [0.25, 0.3) is 0 Å². The molecule has 4 heteroatoms. The summed E-state index contributed by atoms with van der Waals surface area (Å²) >= 11 is 0. The molecule has 0 unspecified atom stereocenters. The smallest absolute Gasteiger partial charge is 0.240 e. The SMILES string of the molecule is NC1(C(=O)NCC2(CCO)CC2)CCCCC1. The van der Waals surface area contributed by atoms with Crippen molar-refractivity contribution in [1.29, 1.82) is 0 Å². The highest BCUT2D eigenvalue weighted by molar-refractivity contribution is 5.86. The Bertz CT molecular complexity index is 281. The second kappa shape index (κ2) is 4.94. The van der Waals surface area contributed by atoms with Gasteiger partial charge in [-0.1, -0.05) is 19.3 Å². The number of carbonyl (C=O) groups is 1. The average Bonchev–Trinajstić information content (AvgIpc) is 3.08. The van der Waals surface area contributed by atoms with E-state index in [9.17, 15) is 4.79 Å². The maximum absolute atomic E-state index is 12.1. The Hall–Kier alpha value is -0.610. The van der Waals surface area contributed by atoms with Crippen LogP contribution in [0.15, 0.2) is 0 Å². The zero-order valence-corrected chi connectivity index (χ0v) is 10.5. The summed E-state index contributed by atoms with van der Waals surface area (Å²) in [7, 11) is 0. The average molecular weight is 240 g/mol. The van der Waals surface area contributed by atoms with E-state index in [0.717, 1.165) is 44.9 Å². The van der Waals surface area contributed by atoms with Crippen LogP contribution in [0.1, 0.15) is 51.4 Å². The lowest BCUT2D eigenvalue weighted by molar-refractivity contribution is -0.127. The molecule has 2 aliphatic rings. The van der Waals surface area contributed by atoms with Crippen molar-refractivity contribution in [3.8, 4) is 0 Å². The van der Waals surface area contributed by atoms with Crippen LogP contribution in [0.3, 0.4) is 0 Å². The minimum absolute atomic E-state index is 0.0152. The molecule has 0 spiro atoms. The van der Waals surface area contributed by atoms with Gasteiger partial charge in [-0.15, -0.1) is 0 Å². The van der Waals surface area contributed by atoms with Gasteiger partial charge in [-0.3, -0.25) is 4.79 Å². The summed E-state index contributed by atoms with van der Waals surface area (Å²) in [4.78, 5) is 12.1. The van der Waals surface area contributed by atoms with E-state index in [0.29, 0.717) is 6.54 Å². The molecule has 17 heavy (non-hydrogen) atoms. The Morgan fingerprint density at radius 3 is 2.35 bits per heavy atom. The van der Waals surface area contributed by atoms with Crippen molar-refractivity contribution in [2.24, 2.45) is 11.1 Å². The van der Waals surface area contributed by atoms with Crippen LogP contribution in [0, 0.1) is 5.41 Å². The third kappa shape index (κ3) is 2.99. The number of nitrogens with one attached hydrogen (secondary N) is 1. The number of hydrogen-bond donors (Lipinski definition) is 3. The van der Waals surface area contributed by atoms with Gasteiger partial charge in [0, 0.05) is 13.2 Å². The van der Waals surface area contributed by atoms with Crippen LogP contribution in [0.2, 0.25) is 0 Å². The number of amides is 1. The van der Waals surface area contributed by atoms with Gasteiger partial charge in [0.1, 0.15) is 0 Å². The fraction of sp³-hybridized carbons (Fsp3) is 0.923. The molecule has 0 aromatic rings. The van der Waals surface area contributed by atoms with E-state index in [1.54, 1.807) is 0 Å². The Labute approximate surface area is 103 Å². The van der Waals surface area contributed by atoms with Crippen LogP contribution in [-0.4, -0.2) is 29.7 Å². The second-order valence-corrected chi connectivity index (χ2v) is 5.87. The van der Waals surface area contributed by atoms with Crippen molar-refractivity contribution >= 4 is 5.91 Å². The maximum Gasteiger partial charge on any atom is 0.240 e. The molecule has 0 heterocycles. The molecule has 98 valence electrons. The van der Waals surface area contributed by atoms with Gasteiger partial charge in [0.2, 0.25) is 5.91 Å². The third-order valence-electron chi connectivity index (χ3n) is 4.42. The van der Waals surface area contributed by atoms with Gasteiger partial charge in [0.25, 0.3) is 0 Å². The number of hydrogen-bond acceptors (Lipinski definition) is 3. The summed E-state index contributed by atoms with van der Waals surface area (Å²) < 4.78 is 0. The zero-order chi connectivity index (χ0) is 12.4. The zero-order valence-electron chi connectivity index (χ0n) is 10.5. The summed E-state index contributed by atoms with van der Waals surface area (Å²) in [6.45, 7) is 0.898. The topological polar surface area (TPSA) is 75.4 Å². The first-order valence-electron chi connectivity index (χ1n) is 6.78. The first-order chi connectivity index (χ1) is 8.10. The van der Waals surface area contributed by atoms with Crippen molar-refractivity contribution < 1.29 is 9.90 Å². The van der Waals surface area contributed by atoms with Gasteiger partial charge < -0.3 is 16.2 Å². The molecule has 0 aromatic carbocycles. The summed E-state index contributed by atoms with van der Waals surface area (Å²) in [6, 6.07) is 0. The lowest BCUT2D eigenvalue weighted by Gasteiger charge is -2.32. The third-order valence-corrected chi connectivity index (χ3v) is 4.42. The fourth-order valence-electron chi connectivity index (χ4n) is 2.78. The van der Waals surface area contributed by atoms with Crippen molar-refractivity contribution in [3.63, 3.8) is 0 Å². The highest BCUT2D eigenvalue weighted by Crippen LogP contribution is 2.48. The van der Waals surface area contributed by atoms with Gasteiger partial charge in [-0.25, -0.2) is 0 Å². The lowest BCUT2D eigenvalue weighted by atomic mass is 9.82. The minimum atomic E-state index is -0.631. The van der Waals surface area contributed by atoms with Crippen molar-refractivity contribution in [2.75, 3.05) is 13.2 Å². The van der Waals surface area contributed by atoms with Crippen molar-refractivity contribution in [1.82, 2.24) is 5.32 Å². The van der Waals surface area contributed by atoms with Gasteiger partial charge in [-0.2, -0.15) is 0 Å². The number of nitrogens with two attached hydrogens (primary N) is 1. The molecule has 2 fully saturated rings. The Kier molecular flexibility index (Phi) is 3.73. The van der Waals surface area contributed by atoms with Gasteiger partial charge in [-0.05, 0) is 37.5 Å². The standard InChI is InChI=1S/C13H24N2O2/c14-13(4-2-1-3-5-13)11(17)15-10-12(6-7-12)8-9-16/h16H,1-10,14H2,(H,15,17). The molecule has 0 aliphatic heterocycles. The fourth-order valence-corrected chi connectivity index (χ4v) is 2.78. The normalized spacial score (nSPS) is 25.3. The van der Waals surface area contributed by atoms with E-state index in [-0.39, 0.29) is 17.9 Å². The Morgan fingerprint density at radius 1 is 1.18 bits per heavy atom. The highest BCUT2D eigenvalue weighted by atomic mass is 16.3. The van der Waals surface area contributed by atoms with Crippen LogP contribution in [0.4, 0.5) is 0 Å². The van der Waals surface area contributed by atoms with E-state index in [1.165, 1.54) is 6.42 Å². The molecule has 2 saturated carbocycles.